The van der Waals surface area contributed by atoms with Gasteiger partial charge in [0.25, 0.3) is 0 Å². The van der Waals surface area contributed by atoms with Gasteiger partial charge >= 0.3 is 0 Å². The van der Waals surface area contributed by atoms with Gasteiger partial charge in [-0.1, -0.05) is 11.6 Å². The van der Waals surface area contributed by atoms with Crippen molar-refractivity contribution in [3.63, 3.8) is 0 Å². The zero-order valence-electron chi connectivity index (χ0n) is 8.74. The zero-order chi connectivity index (χ0) is 10.7. The van der Waals surface area contributed by atoms with Gasteiger partial charge in [-0.2, -0.15) is 0 Å². The van der Waals surface area contributed by atoms with Gasteiger partial charge in [0, 0.05) is 29.5 Å². The van der Waals surface area contributed by atoms with Crippen LogP contribution in [0.4, 0.5) is 0 Å². The van der Waals surface area contributed by atoms with Crippen molar-refractivity contribution in [2.45, 2.75) is 25.6 Å². The molecule has 2 rings (SSSR count). The van der Waals surface area contributed by atoms with Crippen molar-refractivity contribution in [3.8, 4) is 0 Å². The van der Waals surface area contributed by atoms with Gasteiger partial charge in [0.1, 0.15) is 0 Å². The Balaban J connectivity index is 2.00. The van der Waals surface area contributed by atoms with E-state index in [-0.39, 0.29) is 6.10 Å². The first-order chi connectivity index (χ1) is 7.27. The second kappa shape index (κ2) is 4.92. The smallest absolute Gasteiger partial charge is 0.0830 e. The molecule has 1 aromatic heterocycles. The fourth-order valence-electron chi connectivity index (χ4n) is 1.80. The third-order valence-electron chi connectivity index (χ3n) is 2.65. The first-order valence-electron chi connectivity index (χ1n) is 5.23. The Bertz CT molecular complexity index is 326. The number of rotatable bonds is 3. The number of aromatic nitrogens is 1. The van der Waals surface area contributed by atoms with Gasteiger partial charge in [-0.3, -0.25) is 4.98 Å². The van der Waals surface area contributed by atoms with Crippen molar-refractivity contribution in [2.24, 2.45) is 0 Å². The molecule has 0 radical (unpaired) electrons. The maximum Gasteiger partial charge on any atom is 0.0830 e. The molecule has 0 spiro atoms. The molecule has 0 aromatic carbocycles. The van der Waals surface area contributed by atoms with E-state index in [4.69, 9.17) is 16.3 Å². The van der Waals surface area contributed by atoms with Gasteiger partial charge < -0.3 is 10.1 Å². The molecule has 1 aromatic rings. The fourth-order valence-corrected chi connectivity index (χ4v) is 2.05. The van der Waals surface area contributed by atoms with Crippen LogP contribution in [0.1, 0.15) is 25.0 Å². The maximum atomic E-state index is 6.07. The Kier molecular flexibility index (Phi) is 3.57. The quantitative estimate of drug-likeness (QED) is 0.858. The average Bonchev–Trinajstić information content (AvgIpc) is 2.71. The van der Waals surface area contributed by atoms with Crippen LogP contribution in [0.15, 0.2) is 18.5 Å². The molecule has 2 unspecified atom stereocenters. The van der Waals surface area contributed by atoms with E-state index < -0.39 is 0 Å². The van der Waals surface area contributed by atoms with Crippen molar-refractivity contribution in [3.05, 3.63) is 29.0 Å². The van der Waals surface area contributed by atoms with Crippen LogP contribution in [0.25, 0.3) is 0 Å². The molecule has 0 bridgehead atoms. The van der Waals surface area contributed by atoms with Crippen molar-refractivity contribution in [1.82, 2.24) is 10.3 Å². The van der Waals surface area contributed by atoms with Gasteiger partial charge in [-0.15, -0.1) is 0 Å². The van der Waals surface area contributed by atoms with E-state index >= 15 is 0 Å². The molecule has 0 amide bonds. The number of ether oxygens (including phenoxy) is 1. The van der Waals surface area contributed by atoms with Crippen molar-refractivity contribution in [1.29, 1.82) is 0 Å². The summed E-state index contributed by atoms with van der Waals surface area (Å²) >= 11 is 6.07. The molecule has 1 fully saturated rings. The van der Waals surface area contributed by atoms with Crippen molar-refractivity contribution < 1.29 is 4.74 Å². The van der Waals surface area contributed by atoms with Crippen molar-refractivity contribution >= 4 is 11.6 Å². The molecule has 0 aliphatic carbocycles. The monoisotopic (exact) mass is 226 g/mol. The molecule has 1 aliphatic rings. The van der Waals surface area contributed by atoms with Crippen LogP contribution < -0.4 is 5.32 Å². The maximum absolute atomic E-state index is 6.07. The number of nitrogens with zero attached hydrogens (tertiary/aromatic N) is 1. The fraction of sp³-hybridized carbons (Fsp3) is 0.545. The van der Waals surface area contributed by atoms with Crippen LogP contribution in [-0.4, -0.2) is 24.2 Å². The molecular weight excluding hydrogens is 212 g/mol. The van der Waals surface area contributed by atoms with Crippen LogP contribution in [0.3, 0.4) is 0 Å². The van der Waals surface area contributed by atoms with E-state index in [1.54, 1.807) is 18.5 Å². The molecule has 15 heavy (non-hydrogen) atoms. The highest BCUT2D eigenvalue weighted by Gasteiger charge is 2.19. The summed E-state index contributed by atoms with van der Waals surface area (Å²) in [7, 11) is 0. The van der Waals surface area contributed by atoms with Gasteiger partial charge in [-0.25, -0.2) is 0 Å². The number of hydrogen-bond acceptors (Lipinski definition) is 3. The summed E-state index contributed by atoms with van der Waals surface area (Å²) in [6.07, 6.45) is 4.85. The minimum absolute atomic E-state index is 0.0103. The van der Waals surface area contributed by atoms with Gasteiger partial charge in [0.15, 0.2) is 0 Å². The molecule has 4 heteroatoms. The summed E-state index contributed by atoms with van der Waals surface area (Å²) in [6, 6.07) is 1.80. The highest BCUT2D eigenvalue weighted by molar-refractivity contribution is 6.31. The highest BCUT2D eigenvalue weighted by atomic mass is 35.5. The Morgan fingerprint density at radius 3 is 3.20 bits per heavy atom. The summed E-state index contributed by atoms with van der Waals surface area (Å²) in [6.45, 7) is 3.99. The molecule has 2 heterocycles. The standard InChI is InChI=1S/C11H15ClN2O/c1-8(15-9-2-4-13-6-9)10-7-14-5-3-11(10)12/h3,5,7-9,13H,2,4,6H2,1H3. The molecule has 2 atom stereocenters. The Labute approximate surface area is 94.8 Å². The molecule has 0 saturated carbocycles. The molecule has 82 valence electrons. The number of hydrogen-bond donors (Lipinski definition) is 1. The molecule has 1 aliphatic heterocycles. The minimum Gasteiger partial charge on any atom is -0.369 e. The van der Waals surface area contributed by atoms with Gasteiger partial charge in [0.05, 0.1) is 12.2 Å². The highest BCUT2D eigenvalue weighted by Crippen LogP contribution is 2.26. The summed E-state index contributed by atoms with van der Waals surface area (Å²) in [5.41, 5.74) is 0.964. The summed E-state index contributed by atoms with van der Waals surface area (Å²) in [5, 5.41) is 4.00. The molecule has 1 N–H and O–H groups in total. The second-order valence-electron chi connectivity index (χ2n) is 3.79. The van der Waals surface area contributed by atoms with E-state index in [2.05, 4.69) is 10.3 Å². The third kappa shape index (κ3) is 2.68. The molecule has 3 nitrogen and oxygen atoms in total. The van der Waals surface area contributed by atoms with E-state index in [0.29, 0.717) is 6.10 Å². The van der Waals surface area contributed by atoms with E-state index in [9.17, 15) is 0 Å². The van der Waals surface area contributed by atoms with E-state index in [1.165, 1.54) is 0 Å². The largest absolute Gasteiger partial charge is 0.369 e. The lowest BCUT2D eigenvalue weighted by Gasteiger charge is -2.18. The predicted molar refractivity (Wildman–Crippen MR) is 60.0 cm³/mol. The van der Waals surface area contributed by atoms with Gasteiger partial charge in [-0.05, 0) is 26.0 Å². The number of pyridine rings is 1. The Morgan fingerprint density at radius 2 is 2.53 bits per heavy atom. The van der Waals surface area contributed by atoms with Crippen molar-refractivity contribution in [2.75, 3.05) is 13.1 Å². The summed E-state index contributed by atoms with van der Waals surface area (Å²) in [5.74, 6) is 0. The summed E-state index contributed by atoms with van der Waals surface area (Å²) < 4.78 is 5.89. The SMILES string of the molecule is CC(OC1CCNC1)c1cnccc1Cl. The zero-order valence-corrected chi connectivity index (χ0v) is 9.50. The van der Waals surface area contributed by atoms with E-state index in [1.807, 2.05) is 6.92 Å². The lowest BCUT2D eigenvalue weighted by molar-refractivity contribution is 0.00817. The first kappa shape index (κ1) is 10.9. The molecular formula is C11H15ClN2O. The average molecular weight is 227 g/mol. The Morgan fingerprint density at radius 1 is 1.67 bits per heavy atom. The topological polar surface area (TPSA) is 34.1 Å². The summed E-state index contributed by atoms with van der Waals surface area (Å²) in [4.78, 5) is 4.06. The second-order valence-corrected chi connectivity index (χ2v) is 4.20. The van der Waals surface area contributed by atoms with Gasteiger partial charge in [0.2, 0.25) is 0 Å². The van der Waals surface area contributed by atoms with Crippen LogP contribution in [-0.2, 0) is 4.74 Å². The Hall–Kier alpha value is -0.640. The first-order valence-corrected chi connectivity index (χ1v) is 5.61. The van der Waals surface area contributed by atoms with Crippen LogP contribution in [0.5, 0.6) is 0 Å². The minimum atomic E-state index is 0.0103. The lowest BCUT2D eigenvalue weighted by Crippen LogP contribution is -2.18. The number of nitrogens with one attached hydrogen (secondary N) is 1. The lowest BCUT2D eigenvalue weighted by atomic mass is 10.2. The van der Waals surface area contributed by atoms with Crippen LogP contribution in [0, 0.1) is 0 Å². The third-order valence-corrected chi connectivity index (χ3v) is 2.99. The number of halogens is 1. The predicted octanol–water partition coefficient (Wildman–Crippen LogP) is 2.17. The van der Waals surface area contributed by atoms with Crippen LogP contribution >= 0.6 is 11.6 Å². The molecule has 1 saturated heterocycles. The normalized spacial score (nSPS) is 22.9. The van der Waals surface area contributed by atoms with Crippen LogP contribution in [0.2, 0.25) is 5.02 Å². The van der Waals surface area contributed by atoms with E-state index in [0.717, 1.165) is 30.1 Å².